The van der Waals surface area contributed by atoms with Gasteiger partial charge >= 0.3 is 0 Å². The lowest BCUT2D eigenvalue weighted by Gasteiger charge is -2.41. The first-order valence-electron chi connectivity index (χ1n) is 12.0. The number of ketones is 2. The van der Waals surface area contributed by atoms with E-state index in [4.69, 9.17) is 35.3 Å². The molecule has 2 aromatic rings. The van der Waals surface area contributed by atoms with Crippen LogP contribution in [0.25, 0.3) is 0 Å². The number of hydrogen-bond donors (Lipinski definition) is 1. The van der Waals surface area contributed by atoms with E-state index in [0.29, 0.717) is 41.5 Å². The molecular weight excluding hydrogens is 502 g/mol. The third kappa shape index (κ3) is 3.26. The molecule has 37 heavy (non-hydrogen) atoms. The minimum Gasteiger partial charge on any atom is -0.496 e. The highest BCUT2D eigenvalue weighted by molar-refractivity contribution is 6.36. The molecule has 3 atom stereocenters. The van der Waals surface area contributed by atoms with E-state index in [-0.39, 0.29) is 46.6 Å². The maximum Gasteiger partial charge on any atom is 0.236 e. The van der Waals surface area contributed by atoms with Crippen LogP contribution in [0.15, 0.2) is 35.5 Å². The lowest BCUT2D eigenvalue weighted by atomic mass is 9.66. The van der Waals surface area contributed by atoms with Crippen molar-refractivity contribution in [2.75, 3.05) is 27.4 Å². The maximum absolute atomic E-state index is 14.4. The van der Waals surface area contributed by atoms with E-state index >= 15 is 0 Å². The Bertz CT molecular complexity index is 1420. The minimum atomic E-state index is -1.85. The lowest BCUT2D eigenvalue weighted by Crippen LogP contribution is -2.59. The molecule has 2 aromatic carbocycles. The molecule has 1 spiro atoms. The van der Waals surface area contributed by atoms with Gasteiger partial charge in [0.15, 0.2) is 17.2 Å². The molecule has 4 aliphatic rings. The fourth-order valence-corrected chi connectivity index (χ4v) is 6.02. The second-order valence-corrected chi connectivity index (χ2v) is 9.88. The van der Waals surface area contributed by atoms with Crippen molar-refractivity contribution in [3.8, 4) is 28.7 Å². The average molecular weight is 526 g/mol. The number of benzene rings is 2. The monoisotopic (exact) mass is 525 g/mol. The Balaban J connectivity index is 1.48. The number of Topliss-reactive ketones (excluding diaryl/α,β-unsaturated/α-hetero) is 2. The van der Waals surface area contributed by atoms with Crippen molar-refractivity contribution < 1.29 is 38.1 Å². The molecule has 0 unspecified atom stereocenters. The van der Waals surface area contributed by atoms with Crippen molar-refractivity contribution in [1.82, 2.24) is 5.32 Å². The first-order valence-corrected chi connectivity index (χ1v) is 12.3. The predicted molar refractivity (Wildman–Crippen MR) is 131 cm³/mol. The van der Waals surface area contributed by atoms with Gasteiger partial charge in [0, 0.05) is 35.6 Å². The molecule has 0 aromatic heterocycles. The van der Waals surface area contributed by atoms with Crippen molar-refractivity contribution >= 4 is 29.1 Å². The van der Waals surface area contributed by atoms with E-state index in [1.54, 1.807) is 19.1 Å². The predicted octanol–water partition coefficient (Wildman–Crippen LogP) is 3.61. The summed E-state index contributed by atoms with van der Waals surface area (Å²) in [7, 11) is 2.86. The van der Waals surface area contributed by atoms with E-state index in [2.05, 4.69) is 5.32 Å². The van der Waals surface area contributed by atoms with Gasteiger partial charge in [-0.05, 0) is 24.1 Å². The summed E-state index contributed by atoms with van der Waals surface area (Å²) >= 11 is 6.53. The summed E-state index contributed by atoms with van der Waals surface area (Å²) in [4.78, 5) is 41.1. The Hall–Kier alpha value is -3.72. The van der Waals surface area contributed by atoms with Crippen LogP contribution in [0.4, 0.5) is 0 Å². The van der Waals surface area contributed by atoms with E-state index in [1.807, 2.05) is 6.07 Å². The topological polar surface area (TPSA) is 109 Å². The van der Waals surface area contributed by atoms with Gasteiger partial charge in [-0.15, -0.1) is 0 Å². The third-order valence-corrected chi connectivity index (χ3v) is 7.88. The standard InChI is InChI=1S/C27H24ClNO8/c1-12-8-15-21(14(10-20(30)29-15)13-4-5-16-17(9-13)36-7-6-35-16)25(31)27(12)26(32)22-18(33-2)11-19(34-3)23(28)24(22)37-27/h4-5,9,11-12,14H,6-8,10H2,1-3H3,(H,29,30)/t12-,14-,27+/m1/s1. The lowest BCUT2D eigenvalue weighted by molar-refractivity contribution is -0.131. The smallest absolute Gasteiger partial charge is 0.236 e. The number of fused-ring (bicyclic) bond motifs is 2. The summed E-state index contributed by atoms with van der Waals surface area (Å²) in [5, 5.41) is 2.95. The molecule has 0 fully saturated rings. The Morgan fingerprint density at radius 1 is 0.973 bits per heavy atom. The molecule has 1 aliphatic carbocycles. The second kappa shape index (κ2) is 8.41. The Morgan fingerprint density at radius 2 is 1.70 bits per heavy atom. The molecule has 3 aliphatic heterocycles. The van der Waals surface area contributed by atoms with Crippen LogP contribution >= 0.6 is 11.6 Å². The van der Waals surface area contributed by atoms with Crippen molar-refractivity contribution in [3.63, 3.8) is 0 Å². The summed E-state index contributed by atoms with van der Waals surface area (Å²) < 4.78 is 28.4. The summed E-state index contributed by atoms with van der Waals surface area (Å²) in [6, 6.07) is 6.88. The van der Waals surface area contributed by atoms with Crippen molar-refractivity contribution in [3.05, 3.63) is 51.7 Å². The van der Waals surface area contributed by atoms with Gasteiger partial charge in [-0.25, -0.2) is 0 Å². The first kappa shape index (κ1) is 23.7. The number of nitrogens with one attached hydrogen (secondary N) is 1. The molecule has 1 N–H and O–H groups in total. The number of allylic oxidation sites excluding steroid dienone is 1. The van der Waals surface area contributed by atoms with Crippen LogP contribution in [-0.2, 0) is 9.59 Å². The largest absolute Gasteiger partial charge is 0.496 e. The number of carbonyl (C=O) groups is 3. The fourth-order valence-electron chi connectivity index (χ4n) is 5.75. The van der Waals surface area contributed by atoms with Gasteiger partial charge in [0.05, 0.1) is 14.2 Å². The zero-order valence-corrected chi connectivity index (χ0v) is 21.2. The van der Waals surface area contributed by atoms with Crippen LogP contribution in [-0.4, -0.2) is 50.5 Å². The average Bonchev–Trinajstić information content (AvgIpc) is 3.21. The maximum atomic E-state index is 14.4. The van der Waals surface area contributed by atoms with Gasteiger partial charge in [0.2, 0.25) is 23.1 Å². The third-order valence-electron chi connectivity index (χ3n) is 7.53. The van der Waals surface area contributed by atoms with Crippen LogP contribution in [0.2, 0.25) is 5.02 Å². The molecule has 1 amide bonds. The van der Waals surface area contributed by atoms with E-state index in [0.717, 1.165) is 0 Å². The number of hydrogen-bond acceptors (Lipinski definition) is 8. The molecule has 0 bridgehead atoms. The van der Waals surface area contributed by atoms with E-state index in [1.165, 1.54) is 20.3 Å². The van der Waals surface area contributed by atoms with Crippen LogP contribution in [0.3, 0.4) is 0 Å². The number of carbonyl (C=O) groups excluding carboxylic acids is 3. The Morgan fingerprint density at radius 3 is 2.43 bits per heavy atom. The van der Waals surface area contributed by atoms with Gasteiger partial charge in [-0.2, -0.15) is 0 Å². The van der Waals surface area contributed by atoms with Crippen LogP contribution in [0.1, 0.15) is 41.6 Å². The molecular formula is C27H24ClNO8. The molecule has 0 radical (unpaired) electrons. The highest BCUT2D eigenvalue weighted by Crippen LogP contribution is 2.55. The zero-order chi connectivity index (χ0) is 26.1. The SMILES string of the molecule is COc1cc(OC)c2c(c1Cl)O[C@@]1(C(=O)C3=C(C[C@H]1C)NC(=O)C[C@@H]3c1ccc3c(c1)OCCO3)C2=O. The van der Waals surface area contributed by atoms with Crippen molar-refractivity contribution in [2.45, 2.75) is 31.3 Å². The summed E-state index contributed by atoms with van der Waals surface area (Å²) in [6.07, 6.45) is 0.290. The van der Waals surface area contributed by atoms with Crippen LogP contribution in [0.5, 0.6) is 28.7 Å². The second-order valence-electron chi connectivity index (χ2n) is 9.50. The van der Waals surface area contributed by atoms with Gasteiger partial charge in [-0.3, -0.25) is 14.4 Å². The molecule has 0 saturated heterocycles. The van der Waals surface area contributed by atoms with E-state index in [9.17, 15) is 14.4 Å². The van der Waals surface area contributed by atoms with Crippen LogP contribution in [0, 0.1) is 5.92 Å². The summed E-state index contributed by atoms with van der Waals surface area (Å²) in [5.74, 6) is -0.736. The highest BCUT2D eigenvalue weighted by Gasteiger charge is 2.63. The molecule has 0 saturated carbocycles. The van der Waals surface area contributed by atoms with Gasteiger partial charge < -0.3 is 29.0 Å². The van der Waals surface area contributed by atoms with Crippen molar-refractivity contribution in [2.24, 2.45) is 5.92 Å². The summed E-state index contributed by atoms with van der Waals surface area (Å²) in [6.45, 7) is 2.61. The first-order chi connectivity index (χ1) is 17.8. The molecule has 6 rings (SSSR count). The van der Waals surface area contributed by atoms with Gasteiger partial charge in [0.1, 0.15) is 35.3 Å². The minimum absolute atomic E-state index is 0.0354. The normalized spacial score (nSPS) is 25.9. The highest BCUT2D eigenvalue weighted by atomic mass is 35.5. The molecule has 10 heteroatoms. The number of methoxy groups -OCH3 is 2. The van der Waals surface area contributed by atoms with Gasteiger partial charge in [0.25, 0.3) is 0 Å². The van der Waals surface area contributed by atoms with Gasteiger partial charge in [-0.1, -0.05) is 24.6 Å². The number of halogens is 1. The Labute approximate surface area is 217 Å². The number of ether oxygens (including phenoxy) is 5. The molecule has 3 heterocycles. The quantitative estimate of drug-likeness (QED) is 0.605. The summed E-state index contributed by atoms with van der Waals surface area (Å²) in [5.41, 5.74) is -0.184. The fraction of sp³-hybridized carbons (Fsp3) is 0.370. The molecule has 192 valence electrons. The van der Waals surface area contributed by atoms with Crippen molar-refractivity contribution in [1.29, 1.82) is 0 Å². The van der Waals surface area contributed by atoms with Crippen LogP contribution < -0.4 is 29.0 Å². The number of rotatable bonds is 3. The Kier molecular flexibility index (Phi) is 5.38. The van der Waals surface area contributed by atoms with E-state index < -0.39 is 29.0 Å². The zero-order valence-electron chi connectivity index (χ0n) is 20.4. The molecule has 9 nitrogen and oxygen atoms in total. The number of amides is 1.